The third kappa shape index (κ3) is 5.32. The van der Waals surface area contributed by atoms with Crippen molar-refractivity contribution in [2.75, 3.05) is 13.2 Å². The fourth-order valence-corrected chi connectivity index (χ4v) is 3.82. The Bertz CT molecular complexity index is 698. The summed E-state index contributed by atoms with van der Waals surface area (Å²) in [4.78, 5) is 25.3. The van der Waals surface area contributed by atoms with Crippen LogP contribution in [0.1, 0.15) is 34.6 Å². The van der Waals surface area contributed by atoms with Crippen molar-refractivity contribution in [2.24, 2.45) is 0 Å². The molecule has 0 aliphatic rings. The van der Waals surface area contributed by atoms with E-state index in [9.17, 15) is 9.59 Å². The highest BCUT2D eigenvalue weighted by molar-refractivity contribution is 8.76. The molecular weight excluding hydrogens is 344 g/mol. The molecule has 0 aliphatic carbocycles. The summed E-state index contributed by atoms with van der Waals surface area (Å²) in [5.74, 6) is -0.632. The summed E-state index contributed by atoms with van der Waals surface area (Å²) in [5.41, 5.74) is 1.08. The minimum absolute atomic E-state index is 0.316. The van der Waals surface area contributed by atoms with Gasteiger partial charge >= 0.3 is 11.9 Å². The fraction of sp³-hybridized carbons (Fsp3) is 0.222. The molecule has 2 aromatic rings. The van der Waals surface area contributed by atoms with E-state index in [-0.39, 0.29) is 11.9 Å². The van der Waals surface area contributed by atoms with E-state index in [1.165, 1.54) is 0 Å². The summed E-state index contributed by atoms with van der Waals surface area (Å²) in [5, 5.41) is 0. The molecule has 0 heterocycles. The van der Waals surface area contributed by atoms with Gasteiger partial charge in [0.1, 0.15) is 0 Å². The average molecular weight is 362 g/mol. The van der Waals surface area contributed by atoms with Gasteiger partial charge in [0.2, 0.25) is 0 Å². The van der Waals surface area contributed by atoms with E-state index in [4.69, 9.17) is 9.47 Å². The summed E-state index contributed by atoms with van der Waals surface area (Å²) in [6, 6.07) is 14.6. The standard InChI is InChI=1S/C18H18O4S2/c1-3-21-17(19)13-8-10-15(11-9-13)23-24-16-7-5-6-14(12-16)18(20)22-4-2/h5-12H,3-4H2,1-2H3. The summed E-state index contributed by atoms with van der Waals surface area (Å²) in [7, 11) is 3.09. The van der Waals surface area contributed by atoms with Gasteiger partial charge in [-0.15, -0.1) is 0 Å². The molecule has 0 amide bonds. The molecule has 2 rings (SSSR count). The zero-order valence-corrected chi connectivity index (χ0v) is 15.1. The van der Waals surface area contributed by atoms with Gasteiger partial charge in [0.15, 0.2) is 0 Å². The maximum atomic E-state index is 11.7. The van der Waals surface area contributed by atoms with Crippen molar-refractivity contribution in [1.29, 1.82) is 0 Å². The third-order valence-corrected chi connectivity index (χ3v) is 5.34. The summed E-state index contributed by atoms with van der Waals surface area (Å²) >= 11 is 0. The Kier molecular flexibility index (Phi) is 7.21. The van der Waals surface area contributed by atoms with Gasteiger partial charge < -0.3 is 9.47 Å². The van der Waals surface area contributed by atoms with E-state index in [2.05, 4.69) is 0 Å². The molecule has 0 N–H and O–H groups in total. The second-order valence-corrected chi connectivity index (χ2v) is 6.94. The molecule has 2 aromatic carbocycles. The number of hydrogen-bond acceptors (Lipinski definition) is 6. The molecule has 0 fully saturated rings. The topological polar surface area (TPSA) is 52.6 Å². The van der Waals surface area contributed by atoms with E-state index in [0.29, 0.717) is 24.3 Å². The molecule has 0 aromatic heterocycles. The molecule has 126 valence electrons. The van der Waals surface area contributed by atoms with Crippen LogP contribution in [0.15, 0.2) is 58.3 Å². The Balaban J connectivity index is 1.97. The van der Waals surface area contributed by atoms with Crippen molar-refractivity contribution in [1.82, 2.24) is 0 Å². The van der Waals surface area contributed by atoms with Crippen LogP contribution in [-0.2, 0) is 9.47 Å². The molecular formula is C18H18O4S2. The molecule has 0 spiro atoms. The van der Waals surface area contributed by atoms with E-state index in [1.54, 1.807) is 53.6 Å². The molecule has 0 saturated carbocycles. The van der Waals surface area contributed by atoms with Gasteiger partial charge in [-0.1, -0.05) is 27.7 Å². The predicted molar refractivity (Wildman–Crippen MR) is 96.5 cm³/mol. The first-order chi connectivity index (χ1) is 11.6. The van der Waals surface area contributed by atoms with Gasteiger partial charge in [-0.3, -0.25) is 0 Å². The minimum Gasteiger partial charge on any atom is -0.462 e. The smallest absolute Gasteiger partial charge is 0.338 e. The van der Waals surface area contributed by atoms with Crippen LogP contribution < -0.4 is 0 Å². The van der Waals surface area contributed by atoms with Crippen molar-refractivity contribution in [2.45, 2.75) is 23.6 Å². The van der Waals surface area contributed by atoms with E-state index in [0.717, 1.165) is 9.79 Å². The quantitative estimate of drug-likeness (QED) is 0.519. The molecule has 0 unspecified atom stereocenters. The number of rotatable bonds is 7. The molecule has 6 heteroatoms. The average Bonchev–Trinajstić information content (AvgIpc) is 2.61. The number of benzene rings is 2. The van der Waals surface area contributed by atoms with Crippen molar-refractivity contribution in [3.8, 4) is 0 Å². The van der Waals surface area contributed by atoms with Gasteiger partial charge in [0.25, 0.3) is 0 Å². The Labute approximate surface area is 149 Å². The van der Waals surface area contributed by atoms with Crippen LogP contribution in [0.3, 0.4) is 0 Å². The lowest BCUT2D eigenvalue weighted by molar-refractivity contribution is 0.0516. The Hall–Kier alpha value is -1.92. The van der Waals surface area contributed by atoms with Gasteiger partial charge in [0.05, 0.1) is 24.3 Å². The van der Waals surface area contributed by atoms with Crippen molar-refractivity contribution in [3.05, 3.63) is 59.7 Å². The largest absolute Gasteiger partial charge is 0.462 e. The van der Waals surface area contributed by atoms with Gasteiger partial charge in [-0.2, -0.15) is 0 Å². The number of carbonyl (C=O) groups is 2. The maximum Gasteiger partial charge on any atom is 0.338 e. The normalized spacial score (nSPS) is 10.2. The first-order valence-electron chi connectivity index (χ1n) is 7.53. The fourth-order valence-electron chi connectivity index (χ4n) is 1.85. The highest BCUT2D eigenvalue weighted by atomic mass is 33.1. The first kappa shape index (κ1) is 18.4. The summed E-state index contributed by atoms with van der Waals surface area (Å²) < 4.78 is 9.96. The highest BCUT2D eigenvalue weighted by Gasteiger charge is 2.08. The van der Waals surface area contributed by atoms with Crippen molar-refractivity contribution in [3.63, 3.8) is 0 Å². The molecule has 4 nitrogen and oxygen atoms in total. The van der Waals surface area contributed by atoms with E-state index < -0.39 is 0 Å². The monoisotopic (exact) mass is 362 g/mol. The first-order valence-corrected chi connectivity index (χ1v) is 9.68. The summed E-state index contributed by atoms with van der Waals surface area (Å²) in [6.07, 6.45) is 0. The predicted octanol–water partition coefficient (Wildman–Crippen LogP) is 4.84. The number of carbonyl (C=O) groups excluding carboxylic acids is 2. The molecule has 0 saturated heterocycles. The SMILES string of the molecule is CCOC(=O)c1ccc(SSc2cccc(C(=O)OCC)c2)cc1. The molecule has 0 radical (unpaired) electrons. The Morgan fingerprint density at radius 3 is 2.00 bits per heavy atom. The van der Waals surface area contributed by atoms with Crippen LogP contribution in [0, 0.1) is 0 Å². The third-order valence-electron chi connectivity index (χ3n) is 2.94. The number of esters is 2. The Morgan fingerprint density at radius 1 is 0.792 bits per heavy atom. The molecule has 0 atom stereocenters. The lowest BCUT2D eigenvalue weighted by Crippen LogP contribution is -2.04. The van der Waals surface area contributed by atoms with Crippen LogP contribution in [0.25, 0.3) is 0 Å². The number of hydrogen-bond donors (Lipinski definition) is 0. The zero-order valence-electron chi connectivity index (χ0n) is 13.5. The van der Waals surface area contributed by atoms with Gasteiger partial charge in [0, 0.05) is 9.79 Å². The second-order valence-electron chi connectivity index (χ2n) is 4.66. The van der Waals surface area contributed by atoms with Gasteiger partial charge in [-0.05, 0) is 56.3 Å². The van der Waals surface area contributed by atoms with Crippen molar-refractivity contribution >= 4 is 33.5 Å². The van der Waals surface area contributed by atoms with Crippen LogP contribution >= 0.6 is 21.6 Å². The highest BCUT2D eigenvalue weighted by Crippen LogP contribution is 2.37. The van der Waals surface area contributed by atoms with Gasteiger partial charge in [-0.25, -0.2) is 9.59 Å². The van der Waals surface area contributed by atoms with Crippen LogP contribution in [0.4, 0.5) is 0 Å². The van der Waals surface area contributed by atoms with Crippen LogP contribution in [-0.4, -0.2) is 25.2 Å². The van der Waals surface area contributed by atoms with Crippen LogP contribution in [0.5, 0.6) is 0 Å². The summed E-state index contributed by atoms with van der Waals surface area (Å²) in [6.45, 7) is 4.29. The Morgan fingerprint density at radius 2 is 1.38 bits per heavy atom. The molecule has 0 aliphatic heterocycles. The second kappa shape index (κ2) is 9.39. The zero-order chi connectivity index (χ0) is 17.4. The van der Waals surface area contributed by atoms with Crippen molar-refractivity contribution < 1.29 is 19.1 Å². The van der Waals surface area contributed by atoms with E-state index >= 15 is 0 Å². The molecule has 24 heavy (non-hydrogen) atoms. The molecule has 0 bridgehead atoms. The number of ether oxygens (including phenoxy) is 2. The minimum atomic E-state index is -0.316. The maximum absolute atomic E-state index is 11.7. The lowest BCUT2D eigenvalue weighted by Gasteiger charge is -2.05. The van der Waals surface area contributed by atoms with E-state index in [1.807, 2.05) is 30.3 Å². The van der Waals surface area contributed by atoms with Crippen LogP contribution in [0.2, 0.25) is 0 Å². The lowest BCUT2D eigenvalue weighted by atomic mass is 10.2.